The third kappa shape index (κ3) is 4.98. The first-order valence-electron chi connectivity index (χ1n) is 7.61. The smallest absolute Gasteiger partial charge is 0.343 e. The van der Waals surface area contributed by atoms with Gasteiger partial charge in [0.15, 0.2) is 5.17 Å². The molecule has 136 valence electrons. The summed E-state index contributed by atoms with van der Waals surface area (Å²) in [6, 6.07) is 11.7. The Morgan fingerprint density at radius 1 is 1.19 bits per heavy atom. The normalized spacial score (nSPS) is 15.1. The molecule has 9 nitrogen and oxygen atoms in total. The maximum Gasteiger partial charge on any atom is 0.343 e. The zero-order valence-electron chi connectivity index (χ0n) is 13.7. The van der Waals surface area contributed by atoms with Crippen LogP contribution < -0.4 is 10.1 Å². The standard InChI is InChI=1S/C17H12N4O5S/c22-15-10-27-17(19-15)20-18-9-11-1-7-14(8-2-11)26-16(23)12-3-5-13(6-4-12)21(24)25/h1-9H,10H2,(H,19,20,22)/b18-9+. The average Bonchev–Trinajstić information content (AvgIpc) is 3.08. The van der Waals surface area contributed by atoms with Crippen LogP contribution in [0.1, 0.15) is 15.9 Å². The number of carbonyl (C=O) groups excluding carboxylic acids is 2. The fraction of sp³-hybridized carbons (Fsp3) is 0.0588. The number of hydrogen-bond acceptors (Lipinski definition) is 8. The Kier molecular flexibility index (Phi) is 5.57. The van der Waals surface area contributed by atoms with Crippen molar-refractivity contribution in [1.29, 1.82) is 0 Å². The molecule has 1 N–H and O–H groups in total. The second-order valence-electron chi connectivity index (χ2n) is 5.25. The molecule has 0 radical (unpaired) electrons. The van der Waals surface area contributed by atoms with E-state index in [4.69, 9.17) is 4.74 Å². The van der Waals surface area contributed by atoms with Crippen LogP contribution in [0.4, 0.5) is 5.69 Å². The number of benzene rings is 2. The SMILES string of the molecule is O=C1CS/C(=N/N=C/c2ccc(OC(=O)c3ccc([N+](=O)[O-])cc3)cc2)N1. The second kappa shape index (κ2) is 8.23. The molecule has 0 saturated carbocycles. The summed E-state index contributed by atoms with van der Waals surface area (Å²) >= 11 is 1.28. The third-order valence-corrected chi connectivity index (χ3v) is 4.21. The Hall–Kier alpha value is -3.53. The Labute approximate surface area is 157 Å². The van der Waals surface area contributed by atoms with Gasteiger partial charge in [-0.05, 0) is 42.0 Å². The van der Waals surface area contributed by atoms with Gasteiger partial charge in [0, 0.05) is 12.1 Å². The van der Waals surface area contributed by atoms with Crippen LogP contribution in [-0.2, 0) is 4.79 Å². The minimum absolute atomic E-state index is 0.102. The fourth-order valence-corrected chi connectivity index (χ4v) is 2.67. The molecule has 2 aromatic rings. The van der Waals surface area contributed by atoms with Crippen LogP contribution in [0.25, 0.3) is 0 Å². The van der Waals surface area contributed by atoms with Crippen LogP contribution in [0.2, 0.25) is 0 Å². The first kappa shape index (κ1) is 18.3. The molecule has 1 aliphatic rings. The van der Waals surface area contributed by atoms with Crippen molar-refractivity contribution in [3.8, 4) is 5.75 Å². The number of nitro benzene ring substituents is 1. The van der Waals surface area contributed by atoms with Crippen LogP contribution in [0, 0.1) is 10.1 Å². The van der Waals surface area contributed by atoms with Gasteiger partial charge in [0.25, 0.3) is 5.69 Å². The Morgan fingerprint density at radius 2 is 1.89 bits per heavy atom. The summed E-state index contributed by atoms with van der Waals surface area (Å²) in [7, 11) is 0. The van der Waals surface area contributed by atoms with Crippen LogP contribution in [0.3, 0.4) is 0 Å². The van der Waals surface area contributed by atoms with Crippen molar-refractivity contribution in [2.75, 3.05) is 5.75 Å². The number of amidine groups is 1. The van der Waals surface area contributed by atoms with Gasteiger partial charge in [-0.2, -0.15) is 5.10 Å². The van der Waals surface area contributed by atoms with Gasteiger partial charge in [-0.3, -0.25) is 14.9 Å². The molecule has 27 heavy (non-hydrogen) atoms. The summed E-state index contributed by atoms with van der Waals surface area (Å²) in [5.74, 6) is -0.0660. The molecule has 1 amide bonds. The highest BCUT2D eigenvalue weighted by molar-refractivity contribution is 8.15. The number of carbonyl (C=O) groups is 2. The number of rotatable bonds is 5. The van der Waals surface area contributed by atoms with Crippen LogP contribution >= 0.6 is 11.8 Å². The number of esters is 1. The third-order valence-electron chi connectivity index (χ3n) is 3.35. The number of thioether (sulfide) groups is 1. The maximum absolute atomic E-state index is 12.1. The molecule has 10 heteroatoms. The number of nitrogens with zero attached hydrogens (tertiary/aromatic N) is 3. The fourth-order valence-electron chi connectivity index (χ4n) is 2.03. The van der Waals surface area contributed by atoms with Crippen molar-refractivity contribution in [2.24, 2.45) is 10.2 Å². The van der Waals surface area contributed by atoms with Gasteiger partial charge in [-0.15, -0.1) is 5.10 Å². The summed E-state index contributed by atoms with van der Waals surface area (Å²) in [5, 5.41) is 21.4. The van der Waals surface area contributed by atoms with Gasteiger partial charge in [0.1, 0.15) is 5.75 Å². The average molecular weight is 384 g/mol. The first-order valence-corrected chi connectivity index (χ1v) is 8.60. The van der Waals surface area contributed by atoms with Gasteiger partial charge >= 0.3 is 5.97 Å². The molecule has 0 atom stereocenters. The number of amides is 1. The van der Waals surface area contributed by atoms with Crippen molar-refractivity contribution in [3.05, 3.63) is 69.8 Å². The number of nitro groups is 1. The lowest BCUT2D eigenvalue weighted by Crippen LogP contribution is -2.19. The Balaban J connectivity index is 1.59. The van der Waals surface area contributed by atoms with Crippen molar-refractivity contribution in [2.45, 2.75) is 0 Å². The van der Waals surface area contributed by atoms with Gasteiger partial charge in [-0.1, -0.05) is 11.8 Å². The first-order chi connectivity index (χ1) is 13.0. The van der Waals surface area contributed by atoms with E-state index in [2.05, 4.69) is 15.5 Å². The van der Waals surface area contributed by atoms with Crippen LogP contribution in [-0.4, -0.2) is 33.9 Å². The van der Waals surface area contributed by atoms with E-state index in [-0.39, 0.29) is 17.2 Å². The highest BCUT2D eigenvalue weighted by Crippen LogP contribution is 2.16. The van der Waals surface area contributed by atoms with Gasteiger partial charge in [-0.25, -0.2) is 4.79 Å². The summed E-state index contributed by atoms with van der Waals surface area (Å²) in [6.07, 6.45) is 1.50. The molecular weight excluding hydrogens is 372 g/mol. The minimum Gasteiger partial charge on any atom is -0.423 e. The zero-order valence-corrected chi connectivity index (χ0v) is 14.5. The summed E-state index contributed by atoms with van der Waals surface area (Å²) in [4.78, 5) is 33.2. The van der Waals surface area contributed by atoms with Gasteiger partial charge in [0.2, 0.25) is 5.91 Å². The van der Waals surface area contributed by atoms with Crippen molar-refractivity contribution >= 4 is 40.7 Å². The number of hydrogen-bond donors (Lipinski definition) is 1. The predicted molar refractivity (Wildman–Crippen MR) is 100 cm³/mol. The summed E-state index contributed by atoms with van der Waals surface area (Å²) in [6.45, 7) is 0. The molecular formula is C17H12N4O5S. The highest BCUT2D eigenvalue weighted by atomic mass is 32.2. The lowest BCUT2D eigenvalue weighted by molar-refractivity contribution is -0.384. The molecule has 1 heterocycles. The number of non-ortho nitro benzene ring substituents is 1. The van der Waals surface area contributed by atoms with E-state index in [1.807, 2.05) is 0 Å². The summed E-state index contributed by atoms with van der Waals surface area (Å²) in [5.41, 5.74) is 0.830. The maximum atomic E-state index is 12.1. The van der Waals surface area contributed by atoms with Gasteiger partial charge in [0.05, 0.1) is 22.5 Å². The number of nitrogens with one attached hydrogen (secondary N) is 1. The predicted octanol–water partition coefficient (Wildman–Crippen LogP) is 2.37. The quantitative estimate of drug-likeness (QED) is 0.277. The van der Waals surface area contributed by atoms with Crippen molar-refractivity contribution in [1.82, 2.24) is 5.32 Å². The highest BCUT2D eigenvalue weighted by Gasteiger charge is 2.16. The molecule has 2 aromatic carbocycles. The Bertz CT molecular complexity index is 939. The van der Waals surface area contributed by atoms with E-state index in [1.54, 1.807) is 24.3 Å². The van der Waals surface area contributed by atoms with E-state index >= 15 is 0 Å². The molecule has 0 aliphatic carbocycles. The molecule has 3 rings (SSSR count). The lowest BCUT2D eigenvalue weighted by Gasteiger charge is -2.04. The van der Waals surface area contributed by atoms with Crippen LogP contribution in [0.15, 0.2) is 58.7 Å². The molecule has 1 saturated heterocycles. The largest absolute Gasteiger partial charge is 0.423 e. The molecule has 1 fully saturated rings. The van der Waals surface area contributed by atoms with E-state index in [9.17, 15) is 19.7 Å². The van der Waals surface area contributed by atoms with Crippen molar-refractivity contribution < 1.29 is 19.2 Å². The zero-order chi connectivity index (χ0) is 19.2. The van der Waals surface area contributed by atoms with E-state index in [1.165, 1.54) is 42.2 Å². The van der Waals surface area contributed by atoms with E-state index in [0.717, 1.165) is 5.56 Å². The molecule has 1 aliphatic heterocycles. The summed E-state index contributed by atoms with van der Waals surface area (Å²) < 4.78 is 5.22. The van der Waals surface area contributed by atoms with Crippen molar-refractivity contribution in [3.63, 3.8) is 0 Å². The topological polar surface area (TPSA) is 123 Å². The minimum atomic E-state index is -0.619. The second-order valence-corrected chi connectivity index (χ2v) is 6.21. The van der Waals surface area contributed by atoms with E-state index in [0.29, 0.717) is 16.7 Å². The molecule has 0 aromatic heterocycles. The monoisotopic (exact) mass is 384 g/mol. The molecule has 0 bridgehead atoms. The lowest BCUT2D eigenvalue weighted by atomic mass is 10.2. The van der Waals surface area contributed by atoms with Crippen LogP contribution in [0.5, 0.6) is 5.75 Å². The molecule has 0 unspecified atom stereocenters. The number of ether oxygens (including phenoxy) is 1. The van der Waals surface area contributed by atoms with Gasteiger partial charge < -0.3 is 10.1 Å². The van der Waals surface area contributed by atoms with E-state index < -0.39 is 10.9 Å². The molecule has 0 spiro atoms. The Morgan fingerprint density at radius 3 is 2.48 bits per heavy atom.